The van der Waals surface area contributed by atoms with E-state index in [0.29, 0.717) is 0 Å². The highest BCUT2D eigenvalue weighted by atomic mass is 14.8. The molecule has 3 aliphatic carbocycles. The van der Waals surface area contributed by atoms with Crippen molar-refractivity contribution < 1.29 is 0 Å². The van der Waals surface area contributed by atoms with Crippen LogP contribution in [-0.4, -0.2) is 0 Å². The zero-order valence-electron chi connectivity index (χ0n) is 32.5. The summed E-state index contributed by atoms with van der Waals surface area (Å²) < 4.78 is 0. The minimum atomic E-state index is -0.399. The monoisotopic (exact) mass is 719 g/mol. The molecule has 10 rings (SSSR count). The second kappa shape index (κ2) is 12.8. The fourth-order valence-electron chi connectivity index (χ4n) is 10.2. The van der Waals surface area contributed by atoms with Crippen molar-refractivity contribution in [2.45, 2.75) is 43.9 Å². The lowest BCUT2D eigenvalue weighted by Gasteiger charge is -2.46. The number of hydrogen-bond donors (Lipinski definition) is 1. The van der Waals surface area contributed by atoms with Gasteiger partial charge in [-0.05, 0) is 108 Å². The van der Waals surface area contributed by atoms with Gasteiger partial charge in [-0.2, -0.15) is 0 Å². The molecule has 56 heavy (non-hydrogen) atoms. The standard InChI is InChI=1S/C55H45N/c1-53(2)45-25-13-15-27-47(45)55(48-28-16-14-26-46(48)53)44-24-12-11-22-43(44)52-40(23-18-29-49(52)55)38-30-32-41-42-33-31-39(36-51(42)54(3,4)50(41)35-38)56-34-17-6-5-8-19-37-20-9-7-10-21-37/h5-36,56H,1-4H3/b6-5-,19-8-,34-17+. The van der Waals surface area contributed by atoms with Gasteiger partial charge in [-0.15, -0.1) is 0 Å². The molecule has 0 fully saturated rings. The number of rotatable bonds is 6. The molecule has 0 saturated carbocycles. The fraction of sp³-hybridized carbons (Fsp3) is 0.127. The van der Waals surface area contributed by atoms with Gasteiger partial charge in [0.05, 0.1) is 5.41 Å². The molecule has 7 aromatic rings. The third-order valence-electron chi connectivity index (χ3n) is 12.8. The molecule has 3 aliphatic rings. The van der Waals surface area contributed by atoms with Gasteiger partial charge in [-0.3, -0.25) is 0 Å². The molecule has 0 bridgehead atoms. The lowest BCUT2D eigenvalue weighted by atomic mass is 9.55. The van der Waals surface area contributed by atoms with E-state index in [9.17, 15) is 0 Å². The molecule has 0 heterocycles. The number of allylic oxidation sites excluding steroid dienone is 4. The van der Waals surface area contributed by atoms with Gasteiger partial charge < -0.3 is 5.32 Å². The van der Waals surface area contributed by atoms with Crippen molar-refractivity contribution in [3.8, 4) is 33.4 Å². The maximum atomic E-state index is 3.51. The minimum absolute atomic E-state index is 0.114. The predicted octanol–water partition coefficient (Wildman–Crippen LogP) is 13.9. The van der Waals surface area contributed by atoms with E-state index >= 15 is 0 Å². The number of hydrogen-bond acceptors (Lipinski definition) is 1. The smallest absolute Gasteiger partial charge is 0.0719 e. The van der Waals surface area contributed by atoms with Crippen molar-refractivity contribution in [1.82, 2.24) is 0 Å². The van der Waals surface area contributed by atoms with Crippen molar-refractivity contribution >= 4 is 11.8 Å². The van der Waals surface area contributed by atoms with E-state index in [1.165, 1.54) is 83.5 Å². The van der Waals surface area contributed by atoms with Crippen LogP contribution in [0, 0.1) is 0 Å². The largest absolute Gasteiger partial charge is 0.362 e. The molecule has 1 heteroatoms. The molecule has 0 saturated heterocycles. The summed E-state index contributed by atoms with van der Waals surface area (Å²) in [5, 5.41) is 3.51. The molecule has 0 unspecified atom stereocenters. The molecule has 7 aromatic carbocycles. The Kier molecular flexibility index (Phi) is 7.80. The first-order valence-corrected chi connectivity index (χ1v) is 19.9. The molecule has 0 radical (unpaired) electrons. The van der Waals surface area contributed by atoms with E-state index in [4.69, 9.17) is 0 Å². The normalized spacial score (nSPS) is 16.1. The maximum absolute atomic E-state index is 3.51. The summed E-state index contributed by atoms with van der Waals surface area (Å²) in [6, 6.07) is 59.0. The van der Waals surface area contributed by atoms with Crippen LogP contribution in [0.4, 0.5) is 5.69 Å². The number of nitrogens with one attached hydrogen (secondary N) is 1. The van der Waals surface area contributed by atoms with Crippen molar-refractivity contribution in [2.24, 2.45) is 0 Å². The van der Waals surface area contributed by atoms with Crippen LogP contribution in [0.25, 0.3) is 39.5 Å². The van der Waals surface area contributed by atoms with Crippen molar-refractivity contribution in [3.05, 3.63) is 238 Å². The summed E-state index contributed by atoms with van der Waals surface area (Å²) in [6.45, 7) is 9.53. The topological polar surface area (TPSA) is 12.0 Å². The van der Waals surface area contributed by atoms with E-state index in [1.807, 2.05) is 24.4 Å². The van der Waals surface area contributed by atoms with Gasteiger partial charge in [0, 0.05) is 22.7 Å². The first kappa shape index (κ1) is 34.1. The molecule has 270 valence electrons. The maximum Gasteiger partial charge on any atom is 0.0719 e. The second-order valence-electron chi connectivity index (χ2n) is 16.5. The molecule has 1 nitrogen and oxygen atoms in total. The molecule has 0 amide bonds. The lowest BCUT2D eigenvalue weighted by molar-refractivity contribution is 0.563. The van der Waals surface area contributed by atoms with E-state index in [1.54, 1.807) is 0 Å². The summed E-state index contributed by atoms with van der Waals surface area (Å²) in [4.78, 5) is 0. The van der Waals surface area contributed by atoms with Gasteiger partial charge >= 0.3 is 0 Å². The quantitative estimate of drug-likeness (QED) is 0.169. The van der Waals surface area contributed by atoms with Gasteiger partial charge in [0.1, 0.15) is 0 Å². The van der Waals surface area contributed by atoms with Crippen LogP contribution in [0.2, 0.25) is 0 Å². The SMILES string of the molecule is CC1(C)c2cc(N/C=C/C=C\C=C/c3ccccc3)ccc2-c2ccc(-c3cccc4c3-c3ccccc3C43c4ccccc4C(C)(C)c4ccccc43)cc21. The fourth-order valence-corrected chi connectivity index (χ4v) is 10.2. The summed E-state index contributed by atoms with van der Waals surface area (Å²) >= 11 is 0. The van der Waals surface area contributed by atoms with Crippen LogP contribution in [0.15, 0.2) is 188 Å². The Balaban J connectivity index is 1.03. The Morgan fingerprint density at radius 3 is 1.68 bits per heavy atom. The summed E-state index contributed by atoms with van der Waals surface area (Å²) in [6.07, 6.45) is 12.3. The average Bonchev–Trinajstić information content (AvgIpc) is 3.65. The van der Waals surface area contributed by atoms with Crippen LogP contribution in [0.1, 0.15) is 77.8 Å². The average molecular weight is 720 g/mol. The molecule has 1 N–H and O–H groups in total. The number of anilines is 1. The molecular formula is C55H45N. The molecule has 0 aromatic heterocycles. The van der Waals surface area contributed by atoms with Crippen LogP contribution in [0.3, 0.4) is 0 Å². The molecular weight excluding hydrogens is 675 g/mol. The van der Waals surface area contributed by atoms with Crippen molar-refractivity contribution in [1.29, 1.82) is 0 Å². The highest BCUT2D eigenvalue weighted by Crippen LogP contribution is 2.63. The zero-order chi connectivity index (χ0) is 38.1. The number of fused-ring (bicyclic) bond motifs is 12. The van der Waals surface area contributed by atoms with Crippen LogP contribution < -0.4 is 5.32 Å². The molecule has 1 spiro atoms. The van der Waals surface area contributed by atoms with Crippen LogP contribution in [-0.2, 0) is 16.2 Å². The third kappa shape index (κ3) is 4.93. The van der Waals surface area contributed by atoms with Crippen molar-refractivity contribution in [3.63, 3.8) is 0 Å². The Morgan fingerprint density at radius 1 is 0.393 bits per heavy atom. The highest BCUT2D eigenvalue weighted by Gasteiger charge is 2.53. The summed E-state index contributed by atoms with van der Waals surface area (Å²) in [5.41, 5.74) is 20.6. The van der Waals surface area contributed by atoms with Gasteiger partial charge in [-0.1, -0.05) is 192 Å². The highest BCUT2D eigenvalue weighted by molar-refractivity contribution is 5.97. The Labute approximate surface area is 331 Å². The third-order valence-corrected chi connectivity index (χ3v) is 12.8. The Bertz CT molecular complexity index is 2720. The summed E-state index contributed by atoms with van der Waals surface area (Å²) in [5.74, 6) is 0. The minimum Gasteiger partial charge on any atom is -0.362 e. The molecule has 0 aliphatic heterocycles. The van der Waals surface area contributed by atoms with Gasteiger partial charge in [-0.25, -0.2) is 0 Å². The van der Waals surface area contributed by atoms with E-state index in [0.717, 1.165) is 5.69 Å². The van der Waals surface area contributed by atoms with Crippen molar-refractivity contribution in [2.75, 3.05) is 5.32 Å². The zero-order valence-corrected chi connectivity index (χ0v) is 32.5. The van der Waals surface area contributed by atoms with E-state index in [-0.39, 0.29) is 10.8 Å². The molecule has 0 atom stereocenters. The lowest BCUT2D eigenvalue weighted by Crippen LogP contribution is -2.40. The van der Waals surface area contributed by atoms with Crippen LogP contribution in [0.5, 0.6) is 0 Å². The van der Waals surface area contributed by atoms with Gasteiger partial charge in [0.25, 0.3) is 0 Å². The first-order chi connectivity index (χ1) is 27.3. The first-order valence-electron chi connectivity index (χ1n) is 19.9. The van der Waals surface area contributed by atoms with Crippen LogP contribution >= 0.6 is 0 Å². The van der Waals surface area contributed by atoms with E-state index < -0.39 is 5.41 Å². The Hall–Kier alpha value is -6.44. The summed E-state index contributed by atoms with van der Waals surface area (Å²) in [7, 11) is 0. The van der Waals surface area contributed by atoms with E-state index in [2.05, 4.69) is 203 Å². The number of benzene rings is 7. The van der Waals surface area contributed by atoms with Gasteiger partial charge in [0.2, 0.25) is 0 Å². The Morgan fingerprint density at radius 2 is 0.946 bits per heavy atom. The van der Waals surface area contributed by atoms with Gasteiger partial charge in [0.15, 0.2) is 0 Å². The second-order valence-corrected chi connectivity index (χ2v) is 16.5. The predicted molar refractivity (Wildman–Crippen MR) is 236 cm³/mol.